The van der Waals surface area contributed by atoms with Crippen LogP contribution in [-0.2, 0) is 28.9 Å². The molecule has 0 aromatic carbocycles. The second-order valence-corrected chi connectivity index (χ2v) is 26.9. The first-order chi connectivity index (χ1) is 41.0. The van der Waals surface area contributed by atoms with Crippen molar-refractivity contribution >= 4 is 16.3 Å². The van der Waals surface area contributed by atoms with Crippen molar-refractivity contribution in [2.75, 3.05) is 13.2 Å². The van der Waals surface area contributed by atoms with Crippen LogP contribution in [0.15, 0.2) is 12.2 Å². The molecule has 7 unspecified atom stereocenters. The van der Waals surface area contributed by atoms with E-state index in [0.717, 1.165) is 51.4 Å². The molecule has 1 fully saturated rings. The van der Waals surface area contributed by atoms with E-state index < -0.39 is 59.9 Å². The van der Waals surface area contributed by atoms with Crippen LogP contribution in [0.4, 0.5) is 0 Å². The molecule has 1 rings (SSSR count). The Balaban J connectivity index is 2.20. The molecule has 0 aliphatic carbocycles. The van der Waals surface area contributed by atoms with Crippen LogP contribution in [-0.4, -0.2) is 95.4 Å². The summed E-state index contributed by atoms with van der Waals surface area (Å²) in [6.07, 6.45) is 68.3. The average molecular weight is 1210 g/mol. The van der Waals surface area contributed by atoms with E-state index in [2.05, 4.69) is 35.5 Å². The van der Waals surface area contributed by atoms with Crippen LogP contribution in [0.1, 0.15) is 380 Å². The molecule has 0 radical (unpaired) electrons. The predicted molar refractivity (Wildman–Crippen MR) is 352 cm³/mol. The van der Waals surface area contributed by atoms with E-state index in [1.807, 2.05) is 0 Å². The van der Waals surface area contributed by atoms with Crippen molar-refractivity contribution in [1.82, 2.24) is 5.32 Å². The Morgan fingerprint density at radius 3 is 1.07 bits per heavy atom. The quantitative estimate of drug-likeness (QED) is 0.0193. The Kier molecular flexibility index (Phi) is 58.5. The lowest BCUT2D eigenvalue weighted by atomic mass is 9.99. The molecule has 1 amide bonds. The molecule has 84 heavy (non-hydrogen) atoms. The van der Waals surface area contributed by atoms with Gasteiger partial charge in [0.2, 0.25) is 5.91 Å². The topological polar surface area (TPSA) is 192 Å². The van der Waals surface area contributed by atoms with E-state index in [9.17, 15) is 38.2 Å². The van der Waals surface area contributed by atoms with E-state index in [-0.39, 0.29) is 12.5 Å². The number of aliphatic hydroxyl groups is 4. The molecule has 0 aromatic rings. The van der Waals surface area contributed by atoms with Gasteiger partial charge < -0.3 is 35.2 Å². The summed E-state index contributed by atoms with van der Waals surface area (Å²) >= 11 is 0. The molecule has 0 aromatic heterocycles. The van der Waals surface area contributed by atoms with Crippen LogP contribution in [0.3, 0.4) is 0 Å². The molecule has 12 nitrogen and oxygen atoms in total. The highest BCUT2D eigenvalue weighted by Gasteiger charge is 2.48. The smallest absolute Gasteiger partial charge is 0.394 e. The molecular weight excluding hydrogens is 1070 g/mol. The van der Waals surface area contributed by atoms with Crippen molar-refractivity contribution in [3.8, 4) is 0 Å². The van der Waals surface area contributed by atoms with Gasteiger partial charge in [0.25, 0.3) is 0 Å². The van der Waals surface area contributed by atoms with Crippen molar-refractivity contribution in [1.29, 1.82) is 0 Å². The fraction of sp³-hybridized carbons (Fsp3) is 0.958. The average Bonchev–Trinajstić information content (AvgIpc) is 3.45. The van der Waals surface area contributed by atoms with E-state index in [1.165, 1.54) is 302 Å². The number of ether oxygens (including phenoxy) is 2. The van der Waals surface area contributed by atoms with E-state index >= 15 is 0 Å². The SMILES string of the molecule is CCCCCCCCCCCCCC/C=C\CCCCCCCCCCCCCCCCCCCC(=O)NC(COC1OC(CO)C(O)C(OS(=O)(=O)O)C1O)C(O)CCCCCCCCCCCCCCCCCCCCCCCCCC. The third-order valence-corrected chi connectivity index (χ3v) is 18.3. The Morgan fingerprint density at radius 2 is 0.762 bits per heavy atom. The van der Waals surface area contributed by atoms with Crippen LogP contribution in [0.25, 0.3) is 0 Å². The van der Waals surface area contributed by atoms with Crippen molar-refractivity contribution < 1.29 is 51.8 Å². The van der Waals surface area contributed by atoms with E-state index in [0.29, 0.717) is 12.8 Å². The first-order valence-corrected chi connectivity index (χ1v) is 37.9. The maximum atomic E-state index is 13.2. The number of rotatable bonds is 66. The Labute approximate surface area is 519 Å². The van der Waals surface area contributed by atoms with Gasteiger partial charge in [-0.3, -0.25) is 9.35 Å². The van der Waals surface area contributed by atoms with Crippen LogP contribution in [0, 0.1) is 0 Å². The zero-order chi connectivity index (χ0) is 61.1. The van der Waals surface area contributed by atoms with Gasteiger partial charge in [0.05, 0.1) is 25.4 Å². The number of carbonyl (C=O) groups is 1. The lowest BCUT2D eigenvalue weighted by molar-refractivity contribution is -0.298. The maximum Gasteiger partial charge on any atom is 0.397 e. The lowest BCUT2D eigenvalue weighted by Gasteiger charge is -2.41. The molecule has 0 saturated carbocycles. The second-order valence-electron chi connectivity index (χ2n) is 25.9. The summed E-state index contributed by atoms with van der Waals surface area (Å²) in [5, 5.41) is 45.4. The molecule has 0 spiro atoms. The largest absolute Gasteiger partial charge is 0.397 e. The molecule has 1 aliphatic heterocycles. The Morgan fingerprint density at radius 1 is 0.464 bits per heavy atom. The minimum Gasteiger partial charge on any atom is -0.394 e. The zero-order valence-corrected chi connectivity index (χ0v) is 55.8. The molecule has 1 heterocycles. The molecule has 13 heteroatoms. The highest BCUT2D eigenvalue weighted by molar-refractivity contribution is 7.80. The highest BCUT2D eigenvalue weighted by atomic mass is 32.3. The number of aliphatic hydroxyl groups excluding tert-OH is 4. The fourth-order valence-electron chi connectivity index (χ4n) is 12.2. The normalized spacial score (nSPS) is 18.3. The summed E-state index contributed by atoms with van der Waals surface area (Å²) in [4.78, 5) is 13.2. The van der Waals surface area contributed by atoms with Gasteiger partial charge in [-0.2, -0.15) is 8.42 Å². The third-order valence-electron chi connectivity index (χ3n) is 17.8. The number of unbranched alkanes of at least 4 members (excludes halogenated alkanes) is 52. The summed E-state index contributed by atoms with van der Waals surface area (Å²) in [7, 11) is -5.08. The van der Waals surface area contributed by atoms with Gasteiger partial charge in [0.1, 0.15) is 24.4 Å². The molecule has 500 valence electrons. The Hall–Kier alpha value is -1.16. The molecule has 0 bridgehead atoms. The molecule has 1 aliphatic rings. The minimum atomic E-state index is -5.08. The van der Waals surface area contributed by atoms with Gasteiger partial charge in [0.15, 0.2) is 6.29 Å². The molecule has 1 saturated heterocycles. The van der Waals surface area contributed by atoms with Crippen LogP contribution >= 0.6 is 0 Å². The summed E-state index contributed by atoms with van der Waals surface area (Å²) in [6, 6.07) is -0.857. The van der Waals surface area contributed by atoms with Crippen molar-refractivity contribution in [2.45, 2.75) is 423 Å². The first-order valence-electron chi connectivity index (χ1n) is 36.6. The number of allylic oxidation sites excluding steroid dienone is 2. The van der Waals surface area contributed by atoms with Gasteiger partial charge in [-0.15, -0.1) is 0 Å². The summed E-state index contributed by atoms with van der Waals surface area (Å²) in [5.41, 5.74) is 0. The first kappa shape index (κ1) is 80.9. The zero-order valence-electron chi connectivity index (χ0n) is 55.0. The van der Waals surface area contributed by atoms with Gasteiger partial charge in [-0.1, -0.05) is 347 Å². The molecule has 7 atom stereocenters. The van der Waals surface area contributed by atoms with Crippen LogP contribution < -0.4 is 5.32 Å². The summed E-state index contributed by atoms with van der Waals surface area (Å²) in [5.74, 6) is -0.220. The van der Waals surface area contributed by atoms with Crippen LogP contribution in [0.2, 0.25) is 0 Å². The third kappa shape index (κ3) is 51.7. The summed E-state index contributed by atoms with van der Waals surface area (Å²) in [6.45, 7) is 3.53. The monoisotopic (exact) mass is 1210 g/mol. The number of hydrogen-bond acceptors (Lipinski definition) is 10. The fourth-order valence-corrected chi connectivity index (χ4v) is 12.7. The Bertz CT molecular complexity index is 1520. The van der Waals surface area contributed by atoms with Crippen LogP contribution in [0.5, 0.6) is 0 Å². The minimum absolute atomic E-state index is 0.220. The van der Waals surface area contributed by atoms with Gasteiger partial charge in [-0.05, 0) is 38.5 Å². The van der Waals surface area contributed by atoms with E-state index in [1.54, 1.807) is 0 Å². The molecular formula is C71H139NO11S. The summed E-state index contributed by atoms with van der Waals surface area (Å²) < 4.78 is 48.2. The van der Waals surface area contributed by atoms with Crippen molar-refractivity contribution in [3.05, 3.63) is 12.2 Å². The van der Waals surface area contributed by atoms with Gasteiger partial charge in [0, 0.05) is 6.42 Å². The highest BCUT2D eigenvalue weighted by Crippen LogP contribution is 2.27. The number of hydrogen-bond donors (Lipinski definition) is 6. The number of carbonyl (C=O) groups excluding carboxylic acids is 1. The standard InChI is InChI=1S/C71H139NO11S/c1-3-5-7-9-11-13-15-17-19-21-23-25-27-29-30-31-32-33-34-35-36-37-39-41-43-45-47-49-51-53-55-57-59-61-67(75)72-64(63-81-71-69(77)70(83-84(78,79)80)68(76)66(62-73)82-71)65(74)60-58-56-54-52-50-48-46-44-42-40-38-28-26-24-22-20-18-16-14-12-10-8-6-4-2/h29-30,64-66,68-71,73-74,76-77H,3-28,31-63H2,1-2H3,(H,72,75)(H,78,79,80)/b30-29-. The van der Waals surface area contributed by atoms with Crippen molar-refractivity contribution in [3.63, 3.8) is 0 Å². The predicted octanol–water partition coefficient (Wildman–Crippen LogP) is 19.3. The van der Waals surface area contributed by atoms with Gasteiger partial charge >= 0.3 is 10.4 Å². The van der Waals surface area contributed by atoms with Gasteiger partial charge in [-0.25, -0.2) is 4.18 Å². The molecule has 6 N–H and O–H groups in total. The van der Waals surface area contributed by atoms with Crippen molar-refractivity contribution in [2.24, 2.45) is 0 Å². The second kappa shape index (κ2) is 60.7. The maximum absolute atomic E-state index is 13.2. The number of amides is 1. The number of nitrogens with one attached hydrogen (secondary N) is 1. The van der Waals surface area contributed by atoms with E-state index in [4.69, 9.17) is 9.47 Å². The lowest BCUT2D eigenvalue weighted by Crippen LogP contribution is -2.61.